The number of halogens is 2. The van der Waals surface area contributed by atoms with E-state index in [1.807, 2.05) is 6.08 Å². The molecule has 1 rings (SSSR count). The summed E-state index contributed by atoms with van der Waals surface area (Å²) in [5, 5.41) is 0. The number of allylic oxidation sites excluding steroid dienone is 1. The zero-order valence-electron chi connectivity index (χ0n) is 8.06. The summed E-state index contributed by atoms with van der Waals surface area (Å²) in [4.78, 5) is 0. The molecular weight excluding hydrogens is 201 g/mol. The first-order chi connectivity index (χ1) is 6.65. The Hall–Kier alpha value is -1.02. The highest BCUT2D eigenvalue weighted by molar-refractivity contribution is 6.17. The van der Waals surface area contributed by atoms with Crippen LogP contribution >= 0.6 is 11.6 Å². The maximum absolute atomic E-state index is 13.3. The summed E-state index contributed by atoms with van der Waals surface area (Å²) < 4.78 is 13.3. The first-order valence-corrected chi connectivity index (χ1v) is 4.96. The van der Waals surface area contributed by atoms with Gasteiger partial charge in [0.25, 0.3) is 0 Å². The molecule has 0 amide bonds. The van der Waals surface area contributed by atoms with E-state index in [0.29, 0.717) is 17.1 Å². The third-order valence-corrected chi connectivity index (χ3v) is 2.18. The Morgan fingerprint density at radius 2 is 2.21 bits per heavy atom. The minimum Gasteiger partial charge on any atom is -0.398 e. The topological polar surface area (TPSA) is 26.0 Å². The van der Waals surface area contributed by atoms with Crippen LogP contribution < -0.4 is 5.73 Å². The lowest BCUT2D eigenvalue weighted by atomic mass is 10.1. The summed E-state index contributed by atoms with van der Waals surface area (Å²) in [7, 11) is 0. The van der Waals surface area contributed by atoms with Crippen LogP contribution in [0.1, 0.15) is 17.5 Å². The van der Waals surface area contributed by atoms with Crippen molar-refractivity contribution in [3.8, 4) is 0 Å². The van der Waals surface area contributed by atoms with Crippen molar-refractivity contribution in [2.24, 2.45) is 0 Å². The largest absolute Gasteiger partial charge is 0.398 e. The average Bonchev–Trinajstić information content (AvgIpc) is 2.14. The predicted molar refractivity (Wildman–Crippen MR) is 59.9 cm³/mol. The number of benzene rings is 1. The van der Waals surface area contributed by atoms with E-state index in [0.717, 1.165) is 12.0 Å². The van der Waals surface area contributed by atoms with Gasteiger partial charge in [0, 0.05) is 17.1 Å². The first-order valence-electron chi connectivity index (χ1n) is 4.43. The molecule has 0 aromatic heterocycles. The molecule has 0 bridgehead atoms. The molecule has 1 aromatic carbocycles. The summed E-state index contributed by atoms with van der Waals surface area (Å²) in [6.07, 6.45) is 4.27. The van der Waals surface area contributed by atoms with Crippen molar-refractivity contribution in [2.75, 3.05) is 11.6 Å². The van der Waals surface area contributed by atoms with E-state index in [9.17, 15) is 4.39 Å². The molecule has 0 radical (unpaired) electrons. The van der Waals surface area contributed by atoms with Crippen LogP contribution in [0.5, 0.6) is 0 Å². The second-order valence-corrected chi connectivity index (χ2v) is 3.49. The van der Waals surface area contributed by atoms with Gasteiger partial charge < -0.3 is 5.73 Å². The molecule has 3 heteroatoms. The smallest absolute Gasteiger partial charge is 0.130 e. The number of hydrogen-bond donors (Lipinski definition) is 1. The number of nitrogen functional groups attached to an aromatic ring is 1. The quantitative estimate of drug-likeness (QED) is 0.605. The predicted octanol–water partition coefficient (Wildman–Crippen LogP) is 3.36. The third-order valence-electron chi connectivity index (χ3n) is 1.96. The Balaban J connectivity index is 2.92. The number of anilines is 1. The lowest BCUT2D eigenvalue weighted by molar-refractivity contribution is 0.624. The van der Waals surface area contributed by atoms with Crippen molar-refractivity contribution >= 4 is 23.4 Å². The van der Waals surface area contributed by atoms with Crippen molar-refractivity contribution in [1.82, 2.24) is 0 Å². The molecule has 0 aliphatic heterocycles. The Labute approximate surface area is 88.4 Å². The fourth-order valence-electron chi connectivity index (χ4n) is 1.11. The van der Waals surface area contributed by atoms with Crippen LogP contribution in [0.25, 0.3) is 6.08 Å². The summed E-state index contributed by atoms with van der Waals surface area (Å²) in [6.45, 7) is 1.78. The van der Waals surface area contributed by atoms with Crippen LogP contribution in [-0.4, -0.2) is 5.88 Å². The van der Waals surface area contributed by atoms with Crippen molar-refractivity contribution < 1.29 is 4.39 Å². The Morgan fingerprint density at radius 3 is 2.86 bits per heavy atom. The second kappa shape index (κ2) is 5.01. The van der Waals surface area contributed by atoms with Gasteiger partial charge in [-0.1, -0.05) is 12.2 Å². The SMILES string of the molecule is Cc1cc(F)c(C=CCCCl)cc1N. The Morgan fingerprint density at radius 1 is 1.50 bits per heavy atom. The summed E-state index contributed by atoms with van der Waals surface area (Å²) in [5.74, 6) is 0.293. The molecule has 1 aromatic rings. The standard InChI is InChI=1S/C11H13ClFN/c1-8-6-10(13)9(7-11(8)14)4-2-3-5-12/h2,4,6-7H,3,5,14H2,1H3. The second-order valence-electron chi connectivity index (χ2n) is 3.11. The normalized spacial score (nSPS) is 11.1. The third kappa shape index (κ3) is 2.74. The number of rotatable bonds is 3. The van der Waals surface area contributed by atoms with Gasteiger partial charge >= 0.3 is 0 Å². The molecule has 0 heterocycles. The Bertz CT molecular complexity index is 347. The maximum Gasteiger partial charge on any atom is 0.130 e. The van der Waals surface area contributed by atoms with E-state index >= 15 is 0 Å². The van der Waals surface area contributed by atoms with E-state index in [2.05, 4.69) is 0 Å². The van der Waals surface area contributed by atoms with E-state index in [4.69, 9.17) is 17.3 Å². The molecule has 0 saturated carbocycles. The minimum absolute atomic E-state index is 0.248. The van der Waals surface area contributed by atoms with Gasteiger partial charge in [0.05, 0.1) is 0 Å². The minimum atomic E-state index is -0.248. The maximum atomic E-state index is 13.3. The van der Waals surface area contributed by atoms with Crippen LogP contribution in [0.4, 0.5) is 10.1 Å². The Kier molecular flexibility index (Phi) is 3.96. The van der Waals surface area contributed by atoms with Crippen molar-refractivity contribution in [3.63, 3.8) is 0 Å². The van der Waals surface area contributed by atoms with Gasteiger partial charge in [0.15, 0.2) is 0 Å². The number of hydrogen-bond acceptors (Lipinski definition) is 1. The zero-order valence-corrected chi connectivity index (χ0v) is 8.81. The molecule has 0 unspecified atom stereocenters. The van der Waals surface area contributed by atoms with E-state index in [1.54, 1.807) is 19.1 Å². The van der Waals surface area contributed by atoms with Gasteiger partial charge in [-0.15, -0.1) is 11.6 Å². The highest BCUT2D eigenvalue weighted by Crippen LogP contribution is 2.18. The van der Waals surface area contributed by atoms with Crippen molar-refractivity contribution in [3.05, 3.63) is 35.2 Å². The van der Waals surface area contributed by atoms with Crippen LogP contribution in [0.15, 0.2) is 18.2 Å². The molecule has 0 saturated heterocycles. The average molecular weight is 214 g/mol. The number of aryl methyl sites for hydroxylation is 1. The first kappa shape index (κ1) is 11.1. The van der Waals surface area contributed by atoms with Gasteiger partial charge in [-0.05, 0) is 31.0 Å². The van der Waals surface area contributed by atoms with Crippen LogP contribution in [0.3, 0.4) is 0 Å². The highest BCUT2D eigenvalue weighted by Gasteiger charge is 2.01. The molecule has 0 atom stereocenters. The molecule has 0 aliphatic carbocycles. The van der Waals surface area contributed by atoms with E-state index < -0.39 is 0 Å². The molecule has 2 N–H and O–H groups in total. The molecule has 14 heavy (non-hydrogen) atoms. The molecule has 0 spiro atoms. The molecule has 0 fully saturated rings. The van der Waals surface area contributed by atoms with Crippen LogP contribution in [0, 0.1) is 12.7 Å². The van der Waals surface area contributed by atoms with Crippen LogP contribution in [0.2, 0.25) is 0 Å². The van der Waals surface area contributed by atoms with Gasteiger partial charge in [0.1, 0.15) is 5.82 Å². The molecular formula is C11H13ClFN. The fourth-order valence-corrected chi connectivity index (χ4v) is 1.23. The number of alkyl halides is 1. The van der Waals surface area contributed by atoms with Crippen molar-refractivity contribution in [2.45, 2.75) is 13.3 Å². The van der Waals surface area contributed by atoms with Gasteiger partial charge in [-0.3, -0.25) is 0 Å². The lowest BCUT2D eigenvalue weighted by Gasteiger charge is -2.02. The van der Waals surface area contributed by atoms with Crippen LogP contribution in [-0.2, 0) is 0 Å². The summed E-state index contributed by atoms with van der Waals surface area (Å²) in [6, 6.07) is 3.07. The fraction of sp³-hybridized carbons (Fsp3) is 0.273. The highest BCUT2D eigenvalue weighted by atomic mass is 35.5. The molecule has 1 nitrogen and oxygen atoms in total. The number of nitrogens with two attached hydrogens (primary N) is 1. The summed E-state index contributed by atoms with van der Waals surface area (Å²) >= 11 is 5.49. The van der Waals surface area contributed by atoms with Crippen molar-refractivity contribution in [1.29, 1.82) is 0 Å². The zero-order chi connectivity index (χ0) is 10.6. The molecule has 76 valence electrons. The monoisotopic (exact) mass is 213 g/mol. The van der Waals surface area contributed by atoms with Gasteiger partial charge in [-0.2, -0.15) is 0 Å². The summed E-state index contributed by atoms with van der Waals surface area (Å²) in [5.41, 5.74) is 7.55. The lowest BCUT2D eigenvalue weighted by Crippen LogP contribution is -1.93. The molecule has 0 aliphatic rings. The van der Waals surface area contributed by atoms with E-state index in [1.165, 1.54) is 6.07 Å². The van der Waals surface area contributed by atoms with Gasteiger partial charge in [-0.25, -0.2) is 4.39 Å². The van der Waals surface area contributed by atoms with Gasteiger partial charge in [0.2, 0.25) is 0 Å². The van der Waals surface area contributed by atoms with E-state index in [-0.39, 0.29) is 5.82 Å².